The second-order valence-electron chi connectivity index (χ2n) is 1.76. The fourth-order valence-electron chi connectivity index (χ4n) is 0.760. The second kappa shape index (κ2) is 22.5. The van der Waals surface area contributed by atoms with Crippen LogP contribution in [0.2, 0.25) is 0 Å². The van der Waals surface area contributed by atoms with Crippen molar-refractivity contribution in [3.63, 3.8) is 0 Å². The van der Waals surface area contributed by atoms with E-state index in [-0.39, 0.29) is 32.7 Å². The molecule has 0 aliphatic heterocycles. The van der Waals surface area contributed by atoms with Gasteiger partial charge in [0.15, 0.2) is 0 Å². The number of rotatable bonds is 0. The largest absolute Gasteiger partial charge is 4.00 e. The van der Waals surface area contributed by atoms with E-state index < -0.39 is 0 Å². The zero-order valence-electron chi connectivity index (χ0n) is 6.71. The van der Waals surface area contributed by atoms with Crippen LogP contribution in [0.5, 0.6) is 0 Å². The van der Waals surface area contributed by atoms with E-state index in [2.05, 4.69) is 25.3 Å². The molecule has 0 saturated heterocycles. The molecule has 3 heteroatoms. The van der Waals surface area contributed by atoms with Crippen LogP contribution in [-0.2, 0) is 32.7 Å². The van der Waals surface area contributed by atoms with E-state index in [4.69, 9.17) is 0 Å². The summed E-state index contributed by atoms with van der Waals surface area (Å²) < 4.78 is 0. The van der Waals surface area contributed by atoms with Crippen molar-refractivity contribution in [2.45, 2.75) is 25.7 Å². The Morgan fingerprint density at radius 3 is 1.18 bits per heavy atom. The maximum Gasteiger partial charge on any atom is 4.00 e. The molecular weight excluding hydrogens is 176 g/mol. The normalized spacial score (nSPS) is 12.0. The zero-order chi connectivity index (χ0) is 6.24. The molecule has 0 saturated carbocycles. The topological polar surface area (TPSA) is 57.0 Å². The average Bonchev–Trinajstić information content (AvgIpc) is 1.96. The third-order valence-corrected chi connectivity index (χ3v) is 1.16. The van der Waals surface area contributed by atoms with Crippen LogP contribution in [-0.4, -0.2) is 0 Å². The first kappa shape index (κ1) is 22.5. The Bertz CT molecular complexity index is 66.5. The van der Waals surface area contributed by atoms with Crippen LogP contribution in [0, 0.1) is 0 Å². The molecule has 1 aliphatic carbocycles. The van der Waals surface area contributed by atoms with Crippen LogP contribution >= 0.6 is 0 Å². The van der Waals surface area contributed by atoms with Crippen LogP contribution in [0.15, 0.2) is 25.3 Å². The number of allylic oxidation sites excluding steroid dienone is 2. The molecule has 0 unspecified atom stereocenters. The van der Waals surface area contributed by atoms with Crippen LogP contribution in [0.4, 0.5) is 0 Å². The molecule has 11 heavy (non-hydrogen) atoms. The SMILES string of the molecule is C1=CCCCC1.C=C.[O-2].[O-2].[Ti+4]. The summed E-state index contributed by atoms with van der Waals surface area (Å²) in [5, 5.41) is 0. The van der Waals surface area contributed by atoms with E-state index in [1.807, 2.05) is 0 Å². The number of hydrogen-bond donors (Lipinski definition) is 0. The molecule has 1 aliphatic rings. The van der Waals surface area contributed by atoms with E-state index in [9.17, 15) is 0 Å². The smallest absolute Gasteiger partial charge is 2.00 e. The Morgan fingerprint density at radius 2 is 1.09 bits per heavy atom. The molecule has 0 aromatic rings. The predicted molar refractivity (Wildman–Crippen MR) is 40.2 cm³/mol. The van der Waals surface area contributed by atoms with Crippen molar-refractivity contribution in [1.29, 1.82) is 0 Å². The minimum absolute atomic E-state index is 0. The third kappa shape index (κ3) is 17.8. The van der Waals surface area contributed by atoms with Gasteiger partial charge in [-0.3, -0.25) is 0 Å². The van der Waals surface area contributed by atoms with Crippen LogP contribution in [0.1, 0.15) is 25.7 Å². The molecule has 62 valence electrons. The summed E-state index contributed by atoms with van der Waals surface area (Å²) in [6.07, 6.45) is 10.0. The summed E-state index contributed by atoms with van der Waals surface area (Å²) in [5.41, 5.74) is 0. The van der Waals surface area contributed by atoms with Crippen LogP contribution in [0.3, 0.4) is 0 Å². The molecule has 0 bridgehead atoms. The van der Waals surface area contributed by atoms with Crippen molar-refractivity contribution in [3.05, 3.63) is 25.3 Å². The molecule has 2 nitrogen and oxygen atoms in total. The van der Waals surface area contributed by atoms with Crippen molar-refractivity contribution < 1.29 is 32.7 Å². The van der Waals surface area contributed by atoms with Crippen molar-refractivity contribution >= 4 is 0 Å². The average molecular weight is 190 g/mol. The van der Waals surface area contributed by atoms with Gasteiger partial charge in [-0.15, -0.1) is 13.2 Å². The Balaban J connectivity index is -0.0000000459. The fourth-order valence-corrected chi connectivity index (χ4v) is 0.760. The van der Waals surface area contributed by atoms with Crippen molar-refractivity contribution in [2.75, 3.05) is 0 Å². The van der Waals surface area contributed by atoms with Crippen molar-refractivity contribution in [2.24, 2.45) is 0 Å². The maximum absolute atomic E-state index is 3.00. The van der Waals surface area contributed by atoms with E-state index in [1.54, 1.807) is 0 Å². The van der Waals surface area contributed by atoms with Gasteiger partial charge in [0.2, 0.25) is 0 Å². The minimum Gasteiger partial charge on any atom is -2.00 e. The summed E-state index contributed by atoms with van der Waals surface area (Å²) in [4.78, 5) is 0. The van der Waals surface area contributed by atoms with Gasteiger partial charge in [0, 0.05) is 0 Å². The molecular formula is C8H14O2Ti. The van der Waals surface area contributed by atoms with E-state index in [0.29, 0.717) is 0 Å². The molecule has 0 amide bonds. The first-order chi connectivity index (χ1) is 4.00. The van der Waals surface area contributed by atoms with Gasteiger partial charge in [0.1, 0.15) is 0 Å². The fraction of sp³-hybridized carbons (Fsp3) is 0.500. The summed E-state index contributed by atoms with van der Waals surface area (Å²) in [6.45, 7) is 6.00. The van der Waals surface area contributed by atoms with Gasteiger partial charge < -0.3 is 11.0 Å². The maximum atomic E-state index is 3.00. The molecule has 0 aromatic carbocycles. The first-order valence-electron chi connectivity index (χ1n) is 3.15. The van der Waals surface area contributed by atoms with E-state index in [1.165, 1.54) is 25.7 Å². The van der Waals surface area contributed by atoms with E-state index >= 15 is 0 Å². The standard InChI is InChI=1S/C6H10.C2H4.2O.Ti/c1-2-4-6-5-3-1;1-2;;;/h1-2H,3-6H2;1-2H2;;;/q;;2*-2;+4. The summed E-state index contributed by atoms with van der Waals surface area (Å²) in [6, 6.07) is 0. The van der Waals surface area contributed by atoms with Crippen LogP contribution < -0.4 is 0 Å². The summed E-state index contributed by atoms with van der Waals surface area (Å²) >= 11 is 0. The number of hydrogen-bond acceptors (Lipinski definition) is 0. The van der Waals surface area contributed by atoms with Gasteiger partial charge in [-0.1, -0.05) is 12.2 Å². The molecule has 0 aromatic heterocycles. The van der Waals surface area contributed by atoms with E-state index in [0.717, 1.165) is 0 Å². The molecule has 0 radical (unpaired) electrons. The third-order valence-electron chi connectivity index (χ3n) is 1.16. The van der Waals surface area contributed by atoms with Gasteiger partial charge in [0.25, 0.3) is 0 Å². The molecule has 0 fully saturated rings. The molecule has 0 N–H and O–H groups in total. The quantitative estimate of drug-likeness (QED) is 0.416. The van der Waals surface area contributed by atoms with Gasteiger partial charge in [-0.25, -0.2) is 0 Å². The second-order valence-corrected chi connectivity index (χ2v) is 1.76. The van der Waals surface area contributed by atoms with Gasteiger partial charge >= 0.3 is 21.7 Å². The van der Waals surface area contributed by atoms with Crippen molar-refractivity contribution in [1.82, 2.24) is 0 Å². The molecule has 0 atom stereocenters. The monoisotopic (exact) mass is 190 g/mol. The molecule has 0 heterocycles. The Kier molecular flexibility index (Phi) is 45.9. The Labute approximate surface area is 83.9 Å². The minimum atomic E-state index is 0. The molecule has 0 spiro atoms. The summed E-state index contributed by atoms with van der Waals surface area (Å²) in [5.74, 6) is 0. The van der Waals surface area contributed by atoms with Crippen LogP contribution in [0.25, 0.3) is 0 Å². The first-order valence-corrected chi connectivity index (χ1v) is 3.15. The van der Waals surface area contributed by atoms with Crippen molar-refractivity contribution in [3.8, 4) is 0 Å². The van der Waals surface area contributed by atoms with Gasteiger partial charge in [-0.2, -0.15) is 0 Å². The van der Waals surface area contributed by atoms with Gasteiger partial charge in [0.05, 0.1) is 0 Å². The van der Waals surface area contributed by atoms with Gasteiger partial charge in [-0.05, 0) is 25.7 Å². The predicted octanol–water partition coefficient (Wildman–Crippen LogP) is 2.68. The molecule has 1 rings (SSSR count). The zero-order valence-corrected chi connectivity index (χ0v) is 8.28. The Hall–Kier alpha value is 0.114. The summed E-state index contributed by atoms with van der Waals surface area (Å²) in [7, 11) is 0. The Morgan fingerprint density at radius 1 is 0.818 bits per heavy atom.